The third-order valence-electron chi connectivity index (χ3n) is 10.6. The molecule has 0 spiro atoms. The van der Waals surface area contributed by atoms with E-state index in [1.807, 2.05) is 0 Å². The molecule has 0 radical (unpaired) electrons. The molecule has 4 N–H and O–H groups in total. The fraction of sp³-hybridized carbons (Fsp3) is 0.667. The second kappa shape index (κ2) is 12.3. The number of likely N-dealkylation sites (N-methyl/N-ethyl adjacent to an activating group) is 1. The van der Waals surface area contributed by atoms with Gasteiger partial charge in [-0.25, -0.2) is 0 Å². The number of hydrogen-bond donors (Lipinski definition) is 3. The average molecular weight is 612 g/mol. The number of carbonyl (C=O) groups excluding carboxylic acids is 5. The van der Waals surface area contributed by atoms with Crippen molar-refractivity contribution in [2.24, 2.45) is 35.3 Å². The van der Waals surface area contributed by atoms with Gasteiger partial charge in [0.1, 0.15) is 11.5 Å². The van der Waals surface area contributed by atoms with Crippen LogP contribution >= 0.6 is 0 Å². The summed E-state index contributed by atoms with van der Waals surface area (Å²) in [6, 6.07) is 0.381. The van der Waals surface area contributed by atoms with Gasteiger partial charge in [0, 0.05) is 30.1 Å². The molecule has 1 amide bonds. The summed E-state index contributed by atoms with van der Waals surface area (Å²) in [4.78, 5) is 70.8. The number of benzene rings is 1. The summed E-state index contributed by atoms with van der Waals surface area (Å²) >= 11 is 0. The number of amides is 1. The van der Waals surface area contributed by atoms with Crippen molar-refractivity contribution in [3.63, 3.8) is 0 Å². The molecule has 5 rings (SSSR count). The Morgan fingerprint density at radius 3 is 2.32 bits per heavy atom. The molecule has 0 aliphatic heterocycles. The normalized spacial score (nSPS) is 31.0. The fourth-order valence-electron chi connectivity index (χ4n) is 8.55. The second-order valence-electron chi connectivity index (χ2n) is 13.4. The summed E-state index contributed by atoms with van der Waals surface area (Å²) in [5.74, 6) is -9.49. The Balaban J connectivity index is 1.52. The van der Waals surface area contributed by atoms with E-state index in [2.05, 4.69) is 11.8 Å². The Bertz CT molecular complexity index is 1370. The maximum absolute atomic E-state index is 14.0. The summed E-state index contributed by atoms with van der Waals surface area (Å²) in [6.07, 6.45) is 7.58. The number of carbonyl (C=O) groups is 5. The third kappa shape index (κ3) is 5.16. The Labute approximate surface area is 258 Å². The molecule has 44 heavy (non-hydrogen) atoms. The number of ether oxygens (including phenoxy) is 1. The molecule has 3 fully saturated rings. The number of rotatable bonds is 8. The molecular weight excluding hydrogens is 566 g/mol. The first-order chi connectivity index (χ1) is 20.9. The van der Waals surface area contributed by atoms with Gasteiger partial charge in [0.25, 0.3) is 0 Å². The summed E-state index contributed by atoms with van der Waals surface area (Å²) in [5.41, 5.74) is 3.82. The maximum Gasteiger partial charge on any atom is 0.235 e. The van der Waals surface area contributed by atoms with Crippen molar-refractivity contribution in [2.45, 2.75) is 76.5 Å². The summed E-state index contributed by atoms with van der Waals surface area (Å²) < 4.78 is 5.88. The van der Waals surface area contributed by atoms with Crippen molar-refractivity contribution in [3.05, 3.63) is 22.8 Å². The Kier molecular flexibility index (Phi) is 9.04. The minimum atomic E-state index is -2.74. The van der Waals surface area contributed by atoms with Gasteiger partial charge in [-0.05, 0) is 64.2 Å². The molecular formula is C33H45N3O8. The van der Waals surface area contributed by atoms with E-state index in [4.69, 9.17) is 10.5 Å². The van der Waals surface area contributed by atoms with Crippen molar-refractivity contribution in [2.75, 3.05) is 34.3 Å². The van der Waals surface area contributed by atoms with Gasteiger partial charge in [-0.15, -0.1) is 0 Å². The first-order valence-corrected chi connectivity index (χ1v) is 15.8. The van der Waals surface area contributed by atoms with Crippen LogP contribution in [0.5, 0.6) is 11.5 Å². The van der Waals surface area contributed by atoms with Crippen LogP contribution in [0.1, 0.15) is 73.4 Å². The highest BCUT2D eigenvalue weighted by molar-refractivity contribution is 6.32. The Morgan fingerprint density at radius 2 is 1.75 bits per heavy atom. The van der Waals surface area contributed by atoms with E-state index in [0.717, 1.165) is 18.7 Å². The lowest BCUT2D eigenvalue weighted by molar-refractivity contribution is -0.181. The number of hydrogen-bond acceptors (Lipinski definition) is 10. The van der Waals surface area contributed by atoms with Gasteiger partial charge in [-0.1, -0.05) is 32.6 Å². The van der Waals surface area contributed by atoms with E-state index >= 15 is 0 Å². The van der Waals surface area contributed by atoms with E-state index < -0.39 is 64.4 Å². The monoisotopic (exact) mass is 611 g/mol. The highest BCUT2D eigenvalue weighted by atomic mass is 16.5. The van der Waals surface area contributed by atoms with Crippen molar-refractivity contribution >= 4 is 29.0 Å². The largest absolute Gasteiger partial charge is 0.507 e. The summed E-state index contributed by atoms with van der Waals surface area (Å²) in [7, 11) is 4.65. The number of aliphatic hydroxyl groups is 1. The van der Waals surface area contributed by atoms with Crippen LogP contribution in [0.15, 0.2) is 6.07 Å². The van der Waals surface area contributed by atoms with Crippen LogP contribution in [0.2, 0.25) is 0 Å². The van der Waals surface area contributed by atoms with Crippen LogP contribution in [0.3, 0.4) is 0 Å². The zero-order valence-electron chi connectivity index (χ0n) is 26.1. The zero-order chi connectivity index (χ0) is 32.1. The lowest BCUT2D eigenvalue weighted by Gasteiger charge is -2.52. The number of aromatic hydroxyl groups is 1. The molecule has 0 bridgehead atoms. The van der Waals surface area contributed by atoms with E-state index in [1.54, 1.807) is 14.1 Å². The van der Waals surface area contributed by atoms with Gasteiger partial charge in [-0.2, -0.15) is 0 Å². The number of ketones is 4. The van der Waals surface area contributed by atoms with Gasteiger partial charge in [-0.3, -0.25) is 33.8 Å². The number of Topliss-reactive ketones (excluding diaryl/α,β-unsaturated/α-hetero) is 4. The fourth-order valence-corrected chi connectivity index (χ4v) is 8.55. The van der Waals surface area contributed by atoms with Gasteiger partial charge >= 0.3 is 0 Å². The van der Waals surface area contributed by atoms with Crippen LogP contribution in [0.25, 0.3) is 0 Å². The lowest BCUT2D eigenvalue weighted by Crippen LogP contribution is -2.74. The first-order valence-electron chi connectivity index (χ1n) is 15.8. The van der Waals surface area contributed by atoms with Crippen LogP contribution in [-0.4, -0.2) is 95.0 Å². The standard InChI is InChI=1S/C33H45N3O8/c1-5-36(15-17-10-8-6-7-9-11-17)16-19-14-22(37)24-20(29(19)44-4)12-18-13-21-26(35(2)3)28(39)25(32(34)42)31(41)33(21,43)30(40)23(18)27(24)38/h14,17-18,21,23,25-26,37,43H,5-13,15-16H2,1-4H3,(H2,34,42)/t18-,21-,23?,25?,26-,33-/m0/s1. The molecule has 1 aromatic rings. The molecule has 2 unspecified atom stereocenters. The maximum atomic E-state index is 14.0. The van der Waals surface area contributed by atoms with E-state index in [0.29, 0.717) is 23.8 Å². The first kappa shape index (κ1) is 32.2. The van der Waals surface area contributed by atoms with Crippen LogP contribution in [0, 0.1) is 29.6 Å². The molecule has 0 saturated heterocycles. The smallest absolute Gasteiger partial charge is 0.235 e. The van der Waals surface area contributed by atoms with E-state index in [1.165, 1.54) is 56.6 Å². The molecule has 1 aromatic carbocycles. The number of methoxy groups -OCH3 is 1. The summed E-state index contributed by atoms with van der Waals surface area (Å²) in [6.45, 7) is 4.34. The van der Waals surface area contributed by atoms with Crippen LogP contribution < -0.4 is 10.5 Å². The quantitative estimate of drug-likeness (QED) is 0.291. The van der Waals surface area contributed by atoms with Crippen LogP contribution in [0.4, 0.5) is 0 Å². The topological polar surface area (TPSA) is 168 Å². The second-order valence-corrected chi connectivity index (χ2v) is 13.4. The molecule has 0 aromatic heterocycles. The number of phenolic OH excluding ortho intramolecular Hbond substituents is 1. The minimum Gasteiger partial charge on any atom is -0.507 e. The number of nitrogens with zero attached hydrogens (tertiary/aromatic N) is 2. The minimum absolute atomic E-state index is 0.000798. The molecule has 11 nitrogen and oxygen atoms in total. The van der Waals surface area contributed by atoms with Gasteiger partial charge in [0.05, 0.1) is 24.6 Å². The van der Waals surface area contributed by atoms with Crippen molar-refractivity contribution in [3.8, 4) is 11.5 Å². The SMILES string of the molecule is CCN(Cc1cc(O)c2c(c1OC)C[C@H]1C[C@H]3[C@H](N(C)C)C(=O)C(C(N)=O)C(=O)[C@@]3(O)C(=O)C1C2=O)CC1CCCCCC1. The van der Waals surface area contributed by atoms with E-state index in [9.17, 15) is 34.2 Å². The molecule has 11 heteroatoms. The molecule has 240 valence electrons. The van der Waals surface area contributed by atoms with Crippen LogP contribution in [-0.2, 0) is 32.1 Å². The van der Waals surface area contributed by atoms with Crippen molar-refractivity contribution < 1.29 is 38.9 Å². The summed E-state index contributed by atoms with van der Waals surface area (Å²) in [5, 5.41) is 23.0. The zero-order valence-corrected chi connectivity index (χ0v) is 26.1. The van der Waals surface area contributed by atoms with Gasteiger partial charge in [0.2, 0.25) is 5.91 Å². The van der Waals surface area contributed by atoms with Crippen molar-refractivity contribution in [1.82, 2.24) is 9.80 Å². The number of phenols is 1. The highest BCUT2D eigenvalue weighted by Gasteiger charge is 2.69. The molecule has 0 heterocycles. The Morgan fingerprint density at radius 1 is 1.09 bits per heavy atom. The lowest BCUT2D eigenvalue weighted by atomic mass is 9.52. The average Bonchev–Trinajstić information content (AvgIpc) is 3.23. The highest BCUT2D eigenvalue weighted by Crippen LogP contribution is 2.52. The molecule has 4 aliphatic carbocycles. The Hall–Kier alpha value is -3.15. The molecule has 3 saturated carbocycles. The number of primary amides is 1. The van der Waals surface area contributed by atoms with Gasteiger partial charge in [0.15, 0.2) is 34.7 Å². The number of nitrogens with two attached hydrogens (primary N) is 1. The van der Waals surface area contributed by atoms with Gasteiger partial charge < -0.3 is 20.7 Å². The number of fused-ring (bicyclic) bond motifs is 3. The predicted molar refractivity (Wildman–Crippen MR) is 160 cm³/mol. The molecule has 4 aliphatic rings. The predicted octanol–water partition coefficient (Wildman–Crippen LogP) is 1.67. The van der Waals surface area contributed by atoms with E-state index in [-0.39, 0.29) is 24.2 Å². The van der Waals surface area contributed by atoms with Crippen molar-refractivity contribution in [1.29, 1.82) is 0 Å². The third-order valence-corrected chi connectivity index (χ3v) is 10.6. The molecule has 6 atom stereocenters.